The number of carbonyl (C=O) groups is 1. The summed E-state index contributed by atoms with van der Waals surface area (Å²) in [5.74, 6) is 0.263. The number of benzene rings is 1. The van der Waals surface area contributed by atoms with Crippen LogP contribution in [-0.4, -0.2) is 25.3 Å². The molecule has 4 nitrogen and oxygen atoms in total. The van der Waals surface area contributed by atoms with Gasteiger partial charge in [-0.3, -0.25) is 4.79 Å². The van der Waals surface area contributed by atoms with Crippen LogP contribution in [0, 0.1) is 0 Å². The molecule has 82 valence electrons. The highest BCUT2D eigenvalue weighted by Gasteiger charge is 2.05. The van der Waals surface area contributed by atoms with E-state index in [0.29, 0.717) is 18.6 Å². The van der Waals surface area contributed by atoms with Gasteiger partial charge in [0.2, 0.25) is 0 Å². The van der Waals surface area contributed by atoms with Crippen LogP contribution in [-0.2, 0) is 16.0 Å². The average Bonchev–Trinajstić information content (AvgIpc) is 2.27. The number of methoxy groups -OCH3 is 2. The van der Waals surface area contributed by atoms with Crippen LogP contribution in [0.15, 0.2) is 18.2 Å². The molecule has 0 amide bonds. The minimum atomic E-state index is -0.248. The highest BCUT2D eigenvalue weighted by atomic mass is 16.5. The smallest absolute Gasteiger partial charge is 0.305 e. The van der Waals surface area contributed by atoms with Gasteiger partial charge in [-0.15, -0.1) is 0 Å². The fraction of sp³-hybridized carbons (Fsp3) is 0.364. The minimum Gasteiger partial charge on any atom is -0.504 e. The second kappa shape index (κ2) is 5.24. The molecule has 0 heterocycles. The first-order valence-electron chi connectivity index (χ1n) is 4.60. The van der Waals surface area contributed by atoms with Crippen molar-refractivity contribution in [2.75, 3.05) is 14.2 Å². The van der Waals surface area contributed by atoms with Gasteiger partial charge in [0.05, 0.1) is 14.2 Å². The Hall–Kier alpha value is -1.71. The molecule has 1 aromatic carbocycles. The number of aromatic hydroxyl groups is 1. The van der Waals surface area contributed by atoms with Gasteiger partial charge >= 0.3 is 5.97 Å². The Balaban J connectivity index is 2.66. The lowest BCUT2D eigenvalue weighted by atomic mass is 10.1. The number of esters is 1. The van der Waals surface area contributed by atoms with Crippen LogP contribution < -0.4 is 4.74 Å². The Labute approximate surface area is 88.4 Å². The summed E-state index contributed by atoms with van der Waals surface area (Å²) < 4.78 is 9.49. The van der Waals surface area contributed by atoms with Gasteiger partial charge < -0.3 is 14.6 Å². The molecule has 4 heteroatoms. The predicted octanol–water partition coefficient (Wildman–Crippen LogP) is 1.51. The topological polar surface area (TPSA) is 55.8 Å². The summed E-state index contributed by atoms with van der Waals surface area (Å²) in [6.07, 6.45) is 0.897. The van der Waals surface area contributed by atoms with E-state index < -0.39 is 0 Å². The van der Waals surface area contributed by atoms with Crippen molar-refractivity contribution in [3.63, 3.8) is 0 Å². The van der Waals surface area contributed by atoms with Crippen molar-refractivity contribution in [1.82, 2.24) is 0 Å². The Kier molecular flexibility index (Phi) is 3.97. The molecular weight excluding hydrogens is 196 g/mol. The quantitative estimate of drug-likeness (QED) is 0.765. The fourth-order valence-electron chi connectivity index (χ4n) is 1.23. The molecule has 0 unspecified atom stereocenters. The number of ether oxygens (including phenoxy) is 2. The van der Waals surface area contributed by atoms with Gasteiger partial charge in [-0.1, -0.05) is 6.07 Å². The second-order valence-electron chi connectivity index (χ2n) is 3.08. The SMILES string of the molecule is COC(=O)CCc1ccc(O)c(OC)c1. The van der Waals surface area contributed by atoms with Gasteiger partial charge in [0.25, 0.3) is 0 Å². The number of phenolic OH excluding ortho intramolecular Hbond substituents is 1. The van der Waals surface area contributed by atoms with Gasteiger partial charge in [-0.05, 0) is 24.1 Å². The Morgan fingerprint density at radius 2 is 2.13 bits per heavy atom. The van der Waals surface area contributed by atoms with Crippen LogP contribution in [0.2, 0.25) is 0 Å². The van der Waals surface area contributed by atoms with Gasteiger partial charge in [0.1, 0.15) is 0 Å². The summed E-state index contributed by atoms with van der Waals surface area (Å²) in [6.45, 7) is 0. The minimum absolute atomic E-state index is 0.0966. The van der Waals surface area contributed by atoms with E-state index >= 15 is 0 Å². The molecule has 0 saturated carbocycles. The molecule has 15 heavy (non-hydrogen) atoms. The van der Waals surface area contributed by atoms with E-state index in [1.807, 2.05) is 0 Å². The normalized spacial score (nSPS) is 9.73. The van der Waals surface area contributed by atoms with Gasteiger partial charge in [-0.2, -0.15) is 0 Å². The van der Waals surface area contributed by atoms with Crippen molar-refractivity contribution >= 4 is 5.97 Å². The molecular formula is C11H14O4. The Morgan fingerprint density at radius 3 is 2.73 bits per heavy atom. The lowest BCUT2D eigenvalue weighted by Gasteiger charge is -2.05. The van der Waals surface area contributed by atoms with E-state index in [-0.39, 0.29) is 11.7 Å². The maximum absolute atomic E-state index is 10.9. The summed E-state index contributed by atoms with van der Waals surface area (Å²) in [5, 5.41) is 9.34. The van der Waals surface area contributed by atoms with Crippen LogP contribution in [0.1, 0.15) is 12.0 Å². The van der Waals surface area contributed by atoms with Crippen LogP contribution in [0.3, 0.4) is 0 Å². The first-order valence-corrected chi connectivity index (χ1v) is 4.60. The molecule has 0 aliphatic rings. The fourth-order valence-corrected chi connectivity index (χ4v) is 1.23. The maximum atomic E-state index is 10.9. The van der Waals surface area contributed by atoms with Gasteiger partial charge in [0, 0.05) is 6.42 Å². The first-order chi connectivity index (χ1) is 7.17. The molecule has 0 bridgehead atoms. The zero-order valence-electron chi connectivity index (χ0n) is 8.82. The summed E-state index contributed by atoms with van der Waals surface area (Å²) in [6, 6.07) is 5.00. The summed E-state index contributed by atoms with van der Waals surface area (Å²) >= 11 is 0. The van der Waals surface area contributed by atoms with Crippen molar-refractivity contribution in [3.8, 4) is 11.5 Å². The van der Waals surface area contributed by atoms with Gasteiger partial charge in [-0.25, -0.2) is 0 Å². The number of hydrogen-bond donors (Lipinski definition) is 1. The van der Waals surface area contributed by atoms with Crippen LogP contribution in [0.25, 0.3) is 0 Å². The van der Waals surface area contributed by atoms with Crippen LogP contribution >= 0.6 is 0 Å². The highest BCUT2D eigenvalue weighted by Crippen LogP contribution is 2.26. The lowest BCUT2D eigenvalue weighted by Crippen LogP contribution is -2.01. The van der Waals surface area contributed by atoms with Crippen molar-refractivity contribution in [2.45, 2.75) is 12.8 Å². The summed E-state index contributed by atoms with van der Waals surface area (Å²) in [5.41, 5.74) is 0.926. The molecule has 0 aromatic heterocycles. The van der Waals surface area contributed by atoms with E-state index in [2.05, 4.69) is 4.74 Å². The third-order valence-electron chi connectivity index (χ3n) is 2.09. The number of rotatable bonds is 4. The zero-order valence-corrected chi connectivity index (χ0v) is 8.82. The maximum Gasteiger partial charge on any atom is 0.305 e. The summed E-state index contributed by atoms with van der Waals surface area (Å²) in [4.78, 5) is 10.9. The molecule has 0 spiro atoms. The zero-order chi connectivity index (χ0) is 11.3. The van der Waals surface area contributed by atoms with Crippen molar-refractivity contribution < 1.29 is 19.4 Å². The molecule has 1 N–H and O–H groups in total. The van der Waals surface area contributed by atoms with Crippen molar-refractivity contribution in [1.29, 1.82) is 0 Å². The monoisotopic (exact) mass is 210 g/mol. The molecule has 1 rings (SSSR count). The van der Waals surface area contributed by atoms with E-state index in [1.165, 1.54) is 14.2 Å². The third-order valence-corrected chi connectivity index (χ3v) is 2.09. The second-order valence-corrected chi connectivity index (χ2v) is 3.08. The van der Waals surface area contributed by atoms with Crippen LogP contribution in [0.4, 0.5) is 0 Å². The van der Waals surface area contributed by atoms with E-state index in [1.54, 1.807) is 18.2 Å². The third kappa shape index (κ3) is 3.16. The van der Waals surface area contributed by atoms with Crippen molar-refractivity contribution in [3.05, 3.63) is 23.8 Å². The first kappa shape index (κ1) is 11.4. The Bertz CT molecular complexity index is 346. The number of aryl methyl sites for hydroxylation is 1. The number of carbonyl (C=O) groups excluding carboxylic acids is 1. The highest BCUT2D eigenvalue weighted by molar-refractivity contribution is 5.69. The van der Waals surface area contributed by atoms with E-state index in [0.717, 1.165) is 5.56 Å². The van der Waals surface area contributed by atoms with Crippen LogP contribution in [0.5, 0.6) is 11.5 Å². The molecule has 0 aliphatic carbocycles. The lowest BCUT2D eigenvalue weighted by molar-refractivity contribution is -0.140. The van der Waals surface area contributed by atoms with Gasteiger partial charge in [0.15, 0.2) is 11.5 Å². The molecule has 0 radical (unpaired) electrons. The predicted molar refractivity (Wildman–Crippen MR) is 55.0 cm³/mol. The molecule has 1 aromatic rings. The largest absolute Gasteiger partial charge is 0.504 e. The molecule has 0 fully saturated rings. The molecule has 0 atom stereocenters. The average molecular weight is 210 g/mol. The van der Waals surface area contributed by atoms with E-state index in [4.69, 9.17) is 4.74 Å². The number of hydrogen-bond acceptors (Lipinski definition) is 4. The van der Waals surface area contributed by atoms with Crippen molar-refractivity contribution in [2.24, 2.45) is 0 Å². The van der Waals surface area contributed by atoms with E-state index in [9.17, 15) is 9.90 Å². The Morgan fingerprint density at radius 1 is 1.40 bits per heavy atom. The number of phenols is 1. The summed E-state index contributed by atoms with van der Waals surface area (Å²) in [7, 11) is 2.85. The molecule has 0 aliphatic heterocycles. The molecule has 0 saturated heterocycles. The standard InChI is InChI=1S/C11H14O4/c1-14-10-7-8(3-5-9(10)12)4-6-11(13)15-2/h3,5,7,12H,4,6H2,1-2H3.